The minimum atomic E-state index is -0.496. The summed E-state index contributed by atoms with van der Waals surface area (Å²) in [5.41, 5.74) is 0.857. The van der Waals surface area contributed by atoms with E-state index in [1.54, 1.807) is 12.1 Å². The molecule has 1 aliphatic rings. The number of carbonyl (C=O) groups is 2. The van der Waals surface area contributed by atoms with Gasteiger partial charge in [-0.2, -0.15) is 5.26 Å². The van der Waals surface area contributed by atoms with Crippen LogP contribution in [-0.4, -0.2) is 30.9 Å². The monoisotopic (exact) mass is 278 g/mol. The third kappa shape index (κ3) is 3.22. The highest BCUT2D eigenvalue weighted by molar-refractivity contribution is 6.33. The molecule has 1 unspecified atom stereocenters. The lowest BCUT2D eigenvalue weighted by Gasteiger charge is -2.23. The Balaban J connectivity index is 2.03. The third-order valence-electron chi connectivity index (χ3n) is 2.68. The van der Waals surface area contributed by atoms with Crippen molar-refractivity contribution in [1.82, 2.24) is 10.6 Å². The van der Waals surface area contributed by atoms with Crippen LogP contribution in [0.4, 0.5) is 5.69 Å². The molecule has 0 spiro atoms. The number of nitrogens with one attached hydrogen (secondary N) is 3. The second kappa shape index (κ2) is 5.69. The van der Waals surface area contributed by atoms with Crippen molar-refractivity contribution in [2.24, 2.45) is 0 Å². The predicted octanol–water partition coefficient (Wildman–Crippen LogP) is 0.238. The first-order valence-corrected chi connectivity index (χ1v) is 5.98. The number of halogens is 1. The second-order valence-corrected chi connectivity index (χ2v) is 4.44. The molecule has 0 saturated carbocycles. The topological polar surface area (TPSA) is 94.0 Å². The quantitative estimate of drug-likeness (QED) is 0.722. The summed E-state index contributed by atoms with van der Waals surface area (Å²) in [4.78, 5) is 22.9. The maximum absolute atomic E-state index is 11.9. The van der Waals surface area contributed by atoms with Gasteiger partial charge in [0.1, 0.15) is 6.04 Å². The van der Waals surface area contributed by atoms with Crippen molar-refractivity contribution in [3.05, 3.63) is 28.8 Å². The van der Waals surface area contributed by atoms with E-state index in [9.17, 15) is 9.59 Å². The Morgan fingerprint density at radius 3 is 2.89 bits per heavy atom. The van der Waals surface area contributed by atoms with Crippen molar-refractivity contribution >= 4 is 29.1 Å². The minimum Gasteiger partial charge on any atom is -0.353 e. The molecule has 1 heterocycles. The van der Waals surface area contributed by atoms with Gasteiger partial charge in [0, 0.05) is 6.54 Å². The van der Waals surface area contributed by atoms with E-state index in [-0.39, 0.29) is 24.9 Å². The van der Waals surface area contributed by atoms with Gasteiger partial charge in [0.05, 0.1) is 28.9 Å². The number of nitriles is 1. The lowest BCUT2D eigenvalue weighted by Crippen LogP contribution is -2.56. The molecule has 2 amide bonds. The number of nitrogens with zero attached hydrogens (tertiary/aromatic N) is 1. The number of rotatable bonds is 2. The van der Waals surface area contributed by atoms with Crippen LogP contribution in [0.5, 0.6) is 0 Å². The van der Waals surface area contributed by atoms with Gasteiger partial charge in [0.2, 0.25) is 11.8 Å². The highest BCUT2D eigenvalue weighted by Crippen LogP contribution is 2.22. The van der Waals surface area contributed by atoms with Crippen molar-refractivity contribution < 1.29 is 9.59 Å². The largest absolute Gasteiger partial charge is 0.353 e. The van der Waals surface area contributed by atoms with E-state index in [4.69, 9.17) is 16.9 Å². The SMILES string of the molecule is N#Cc1ccc(NC(=O)C2CNC(=O)CN2)c(Cl)c1. The fourth-order valence-electron chi connectivity index (χ4n) is 1.66. The van der Waals surface area contributed by atoms with Crippen molar-refractivity contribution in [2.75, 3.05) is 18.4 Å². The summed E-state index contributed by atoms with van der Waals surface area (Å²) >= 11 is 5.96. The van der Waals surface area contributed by atoms with Crippen LogP contribution >= 0.6 is 11.6 Å². The maximum atomic E-state index is 11.9. The van der Waals surface area contributed by atoms with Crippen molar-refractivity contribution in [3.63, 3.8) is 0 Å². The van der Waals surface area contributed by atoms with Gasteiger partial charge in [-0.15, -0.1) is 0 Å². The zero-order valence-corrected chi connectivity index (χ0v) is 10.6. The molecule has 0 radical (unpaired) electrons. The smallest absolute Gasteiger partial charge is 0.243 e. The number of hydrogen-bond donors (Lipinski definition) is 3. The summed E-state index contributed by atoms with van der Waals surface area (Å²) in [6, 6.07) is 6.08. The molecule has 1 aliphatic heterocycles. The number of amides is 2. The first-order valence-electron chi connectivity index (χ1n) is 5.61. The Morgan fingerprint density at radius 1 is 1.53 bits per heavy atom. The van der Waals surface area contributed by atoms with Crippen LogP contribution in [0.2, 0.25) is 5.02 Å². The zero-order chi connectivity index (χ0) is 13.8. The molecule has 1 aromatic carbocycles. The lowest BCUT2D eigenvalue weighted by atomic mass is 10.2. The average Bonchev–Trinajstić information content (AvgIpc) is 2.41. The van der Waals surface area contributed by atoms with Gasteiger partial charge >= 0.3 is 0 Å². The minimum absolute atomic E-state index is 0.110. The van der Waals surface area contributed by atoms with E-state index in [0.29, 0.717) is 16.3 Å². The van der Waals surface area contributed by atoms with Crippen LogP contribution in [0.25, 0.3) is 0 Å². The molecule has 1 fully saturated rings. The molecule has 0 bridgehead atoms. The van der Waals surface area contributed by atoms with Crippen LogP contribution in [0, 0.1) is 11.3 Å². The van der Waals surface area contributed by atoms with E-state index >= 15 is 0 Å². The van der Waals surface area contributed by atoms with Crippen LogP contribution in [-0.2, 0) is 9.59 Å². The number of piperazine rings is 1. The molecule has 3 N–H and O–H groups in total. The zero-order valence-electron chi connectivity index (χ0n) is 9.87. The standard InChI is InChI=1S/C12H11ClN4O2/c13-8-3-7(4-14)1-2-9(8)17-12(19)10-5-16-11(18)6-15-10/h1-3,10,15H,5-6H2,(H,16,18)(H,17,19). The van der Waals surface area contributed by atoms with Crippen molar-refractivity contribution in [3.8, 4) is 6.07 Å². The molecule has 1 aromatic rings. The number of benzene rings is 1. The number of anilines is 1. The van der Waals surface area contributed by atoms with Gasteiger partial charge in [0.25, 0.3) is 0 Å². The highest BCUT2D eigenvalue weighted by Gasteiger charge is 2.24. The fourth-order valence-corrected chi connectivity index (χ4v) is 1.89. The normalized spacial score (nSPS) is 18.3. The summed E-state index contributed by atoms with van der Waals surface area (Å²) in [7, 11) is 0. The molecule has 0 aromatic heterocycles. The van der Waals surface area contributed by atoms with Gasteiger partial charge in [-0.3, -0.25) is 14.9 Å². The second-order valence-electron chi connectivity index (χ2n) is 4.03. The molecule has 98 valence electrons. The molecule has 6 nitrogen and oxygen atoms in total. The Bertz CT molecular complexity index is 557. The summed E-state index contributed by atoms with van der Waals surface area (Å²) in [5.74, 6) is -0.424. The maximum Gasteiger partial charge on any atom is 0.243 e. The summed E-state index contributed by atoms with van der Waals surface area (Å²) in [5, 5.41) is 17.1. The fraction of sp³-hybridized carbons (Fsp3) is 0.250. The predicted molar refractivity (Wildman–Crippen MR) is 69.6 cm³/mol. The first-order chi connectivity index (χ1) is 9.10. The van der Waals surface area contributed by atoms with Crippen molar-refractivity contribution in [2.45, 2.75) is 6.04 Å². The van der Waals surface area contributed by atoms with Crippen LogP contribution < -0.4 is 16.0 Å². The van der Waals surface area contributed by atoms with Crippen LogP contribution in [0.15, 0.2) is 18.2 Å². The Hall–Kier alpha value is -2.10. The average molecular weight is 279 g/mol. The van der Waals surface area contributed by atoms with Gasteiger partial charge in [-0.05, 0) is 18.2 Å². The van der Waals surface area contributed by atoms with E-state index in [1.807, 2.05) is 6.07 Å². The summed E-state index contributed by atoms with van der Waals surface area (Å²) in [6.45, 7) is 0.345. The van der Waals surface area contributed by atoms with Gasteiger partial charge in [0.15, 0.2) is 0 Å². The Kier molecular flexibility index (Phi) is 4.00. The number of hydrogen-bond acceptors (Lipinski definition) is 4. The van der Waals surface area contributed by atoms with Gasteiger partial charge in [-0.1, -0.05) is 11.6 Å². The summed E-state index contributed by atoms with van der Waals surface area (Å²) < 4.78 is 0. The molecular formula is C12H11ClN4O2. The molecule has 1 atom stereocenters. The van der Waals surface area contributed by atoms with E-state index in [2.05, 4.69) is 16.0 Å². The molecular weight excluding hydrogens is 268 g/mol. The van der Waals surface area contributed by atoms with E-state index in [0.717, 1.165) is 0 Å². The lowest BCUT2D eigenvalue weighted by molar-refractivity contribution is -0.124. The van der Waals surface area contributed by atoms with Gasteiger partial charge in [-0.25, -0.2) is 0 Å². The molecule has 19 heavy (non-hydrogen) atoms. The molecule has 2 rings (SSSR count). The molecule has 7 heteroatoms. The Morgan fingerprint density at radius 2 is 2.32 bits per heavy atom. The molecule has 0 aliphatic carbocycles. The first kappa shape index (κ1) is 13.3. The van der Waals surface area contributed by atoms with Crippen molar-refractivity contribution in [1.29, 1.82) is 5.26 Å². The van der Waals surface area contributed by atoms with E-state index in [1.165, 1.54) is 6.07 Å². The van der Waals surface area contributed by atoms with Gasteiger partial charge < -0.3 is 10.6 Å². The molecule has 1 saturated heterocycles. The third-order valence-corrected chi connectivity index (χ3v) is 3.00. The summed E-state index contributed by atoms with van der Waals surface area (Å²) in [6.07, 6.45) is 0. The van der Waals surface area contributed by atoms with Crippen LogP contribution in [0.1, 0.15) is 5.56 Å². The number of carbonyl (C=O) groups excluding carboxylic acids is 2. The van der Waals surface area contributed by atoms with Crippen LogP contribution in [0.3, 0.4) is 0 Å². The highest BCUT2D eigenvalue weighted by atomic mass is 35.5. The Labute approximate surface area is 114 Å². The van der Waals surface area contributed by atoms with E-state index < -0.39 is 6.04 Å².